The number of benzene rings is 2. The normalized spacial score (nSPS) is 10.6. The van der Waals surface area contributed by atoms with E-state index in [1.54, 1.807) is 18.4 Å². The van der Waals surface area contributed by atoms with E-state index in [1.165, 1.54) is 21.6 Å². The van der Waals surface area contributed by atoms with Crippen LogP contribution in [0.5, 0.6) is 11.5 Å². The van der Waals surface area contributed by atoms with E-state index in [1.807, 2.05) is 18.2 Å². The first-order valence-electron chi connectivity index (χ1n) is 8.33. The predicted octanol–water partition coefficient (Wildman–Crippen LogP) is 4.93. The quantitative estimate of drug-likeness (QED) is 0.622. The molecule has 0 bridgehead atoms. The number of thiophene rings is 1. The zero-order chi connectivity index (χ0) is 17.5. The van der Waals surface area contributed by atoms with Gasteiger partial charge in [-0.1, -0.05) is 42.0 Å². The lowest BCUT2D eigenvalue weighted by Gasteiger charge is -2.12. The molecule has 3 rings (SSSR count). The molecule has 1 N–H and O–H groups in total. The van der Waals surface area contributed by atoms with Crippen LogP contribution in [0.1, 0.15) is 21.6 Å². The second-order valence-electron chi connectivity index (χ2n) is 5.94. The standard InChI is InChI=1S/C21H23NO2S/c1-16-5-7-17(8-6-16)13-22-14-18-9-10-20(21(12-18)23-2)24-15-19-4-3-11-25-19/h3-12,22H,13-15H2,1-2H3. The molecule has 0 saturated heterocycles. The SMILES string of the molecule is COc1cc(CNCc2ccc(C)cc2)ccc1OCc1cccs1. The van der Waals surface area contributed by atoms with Crippen LogP contribution >= 0.6 is 11.3 Å². The average Bonchev–Trinajstić information content (AvgIpc) is 3.15. The summed E-state index contributed by atoms with van der Waals surface area (Å²) in [5, 5.41) is 5.52. The molecule has 3 nitrogen and oxygen atoms in total. The molecule has 0 unspecified atom stereocenters. The minimum absolute atomic E-state index is 0.568. The Bertz CT molecular complexity index is 782. The summed E-state index contributed by atoms with van der Waals surface area (Å²) < 4.78 is 11.4. The Hall–Kier alpha value is -2.30. The van der Waals surface area contributed by atoms with Gasteiger partial charge in [-0.25, -0.2) is 0 Å². The fraction of sp³-hybridized carbons (Fsp3) is 0.238. The van der Waals surface area contributed by atoms with Crippen LogP contribution in [0.25, 0.3) is 0 Å². The van der Waals surface area contributed by atoms with Gasteiger partial charge in [0.1, 0.15) is 6.61 Å². The number of nitrogens with one attached hydrogen (secondary N) is 1. The van der Waals surface area contributed by atoms with E-state index in [-0.39, 0.29) is 0 Å². The van der Waals surface area contributed by atoms with E-state index in [0.717, 1.165) is 24.6 Å². The summed E-state index contributed by atoms with van der Waals surface area (Å²) in [6, 6.07) is 18.8. The molecule has 3 aromatic rings. The third kappa shape index (κ3) is 5.08. The van der Waals surface area contributed by atoms with Gasteiger partial charge in [0.15, 0.2) is 11.5 Å². The number of hydrogen-bond acceptors (Lipinski definition) is 4. The Morgan fingerprint density at radius 3 is 2.40 bits per heavy atom. The van der Waals surface area contributed by atoms with Crippen LogP contribution < -0.4 is 14.8 Å². The highest BCUT2D eigenvalue weighted by Crippen LogP contribution is 2.29. The zero-order valence-corrected chi connectivity index (χ0v) is 15.4. The molecule has 25 heavy (non-hydrogen) atoms. The first-order chi connectivity index (χ1) is 12.2. The first kappa shape index (κ1) is 17.5. The average molecular weight is 353 g/mol. The highest BCUT2D eigenvalue weighted by Gasteiger charge is 2.07. The maximum Gasteiger partial charge on any atom is 0.161 e. The van der Waals surface area contributed by atoms with Crippen molar-refractivity contribution in [1.29, 1.82) is 0 Å². The Kier molecular flexibility index (Phi) is 6.09. The molecule has 0 saturated carbocycles. The summed E-state index contributed by atoms with van der Waals surface area (Å²) in [6.07, 6.45) is 0. The van der Waals surface area contributed by atoms with Crippen molar-refractivity contribution in [2.24, 2.45) is 0 Å². The Labute approximate surface area is 153 Å². The highest BCUT2D eigenvalue weighted by atomic mass is 32.1. The van der Waals surface area contributed by atoms with Crippen LogP contribution in [0.4, 0.5) is 0 Å². The van der Waals surface area contributed by atoms with E-state index in [0.29, 0.717) is 6.61 Å². The number of rotatable bonds is 8. The summed E-state index contributed by atoms with van der Waals surface area (Å²) in [5.74, 6) is 1.55. The third-order valence-corrected chi connectivity index (χ3v) is 4.81. The molecule has 0 amide bonds. The van der Waals surface area contributed by atoms with Gasteiger partial charge in [-0.3, -0.25) is 0 Å². The van der Waals surface area contributed by atoms with Crippen molar-refractivity contribution in [1.82, 2.24) is 5.32 Å². The van der Waals surface area contributed by atoms with Crippen molar-refractivity contribution >= 4 is 11.3 Å². The first-order valence-corrected chi connectivity index (χ1v) is 9.21. The summed E-state index contributed by atoms with van der Waals surface area (Å²) in [6.45, 7) is 4.30. The number of aryl methyl sites for hydroxylation is 1. The van der Waals surface area contributed by atoms with Crippen molar-refractivity contribution < 1.29 is 9.47 Å². The molecule has 0 radical (unpaired) electrons. The molecule has 2 aromatic carbocycles. The fourth-order valence-electron chi connectivity index (χ4n) is 2.54. The minimum Gasteiger partial charge on any atom is -0.493 e. The third-order valence-electron chi connectivity index (χ3n) is 3.96. The molecular weight excluding hydrogens is 330 g/mol. The van der Waals surface area contributed by atoms with Gasteiger partial charge in [-0.15, -0.1) is 11.3 Å². The molecule has 1 aromatic heterocycles. The molecular formula is C21H23NO2S. The minimum atomic E-state index is 0.568. The maximum atomic E-state index is 5.88. The van der Waals surface area contributed by atoms with Crippen LogP contribution in [0.2, 0.25) is 0 Å². The van der Waals surface area contributed by atoms with Gasteiger partial charge < -0.3 is 14.8 Å². The van der Waals surface area contributed by atoms with Crippen molar-refractivity contribution in [3.05, 3.63) is 81.5 Å². The van der Waals surface area contributed by atoms with Crippen molar-refractivity contribution in [2.75, 3.05) is 7.11 Å². The van der Waals surface area contributed by atoms with Crippen LogP contribution in [-0.4, -0.2) is 7.11 Å². The topological polar surface area (TPSA) is 30.5 Å². The van der Waals surface area contributed by atoms with Crippen LogP contribution in [0, 0.1) is 6.92 Å². The highest BCUT2D eigenvalue weighted by molar-refractivity contribution is 7.09. The zero-order valence-electron chi connectivity index (χ0n) is 14.6. The monoisotopic (exact) mass is 353 g/mol. The summed E-state index contributed by atoms with van der Waals surface area (Å²) in [7, 11) is 1.68. The van der Waals surface area contributed by atoms with Crippen molar-refractivity contribution in [3.8, 4) is 11.5 Å². The van der Waals surface area contributed by atoms with Gasteiger partial charge in [0, 0.05) is 18.0 Å². The Morgan fingerprint density at radius 2 is 1.68 bits per heavy atom. The molecule has 4 heteroatoms. The van der Waals surface area contributed by atoms with Gasteiger partial charge in [0.05, 0.1) is 7.11 Å². The van der Waals surface area contributed by atoms with Gasteiger partial charge in [-0.2, -0.15) is 0 Å². The summed E-state index contributed by atoms with van der Waals surface area (Å²) >= 11 is 1.69. The van der Waals surface area contributed by atoms with Gasteiger partial charge >= 0.3 is 0 Å². The molecule has 0 aliphatic carbocycles. The van der Waals surface area contributed by atoms with E-state index < -0.39 is 0 Å². The summed E-state index contributed by atoms with van der Waals surface area (Å²) in [5.41, 5.74) is 3.74. The van der Waals surface area contributed by atoms with Gasteiger partial charge in [-0.05, 0) is 41.6 Å². The lowest BCUT2D eigenvalue weighted by atomic mass is 10.1. The molecule has 0 fully saturated rings. The number of hydrogen-bond donors (Lipinski definition) is 1. The van der Waals surface area contributed by atoms with Crippen molar-refractivity contribution in [3.63, 3.8) is 0 Å². The number of methoxy groups -OCH3 is 1. The van der Waals surface area contributed by atoms with E-state index >= 15 is 0 Å². The molecule has 0 aliphatic rings. The molecule has 1 heterocycles. The van der Waals surface area contributed by atoms with Crippen LogP contribution in [0.3, 0.4) is 0 Å². The van der Waals surface area contributed by atoms with Gasteiger partial charge in [0.2, 0.25) is 0 Å². The molecule has 0 atom stereocenters. The van der Waals surface area contributed by atoms with Crippen LogP contribution in [0.15, 0.2) is 60.0 Å². The maximum absolute atomic E-state index is 5.88. The molecule has 0 aliphatic heterocycles. The van der Waals surface area contributed by atoms with E-state index in [9.17, 15) is 0 Å². The smallest absolute Gasteiger partial charge is 0.161 e. The molecule has 0 spiro atoms. The second kappa shape index (κ2) is 8.70. The Balaban J connectivity index is 1.55. The number of ether oxygens (including phenoxy) is 2. The van der Waals surface area contributed by atoms with Crippen molar-refractivity contribution in [2.45, 2.75) is 26.6 Å². The second-order valence-corrected chi connectivity index (χ2v) is 6.97. The van der Waals surface area contributed by atoms with Gasteiger partial charge in [0.25, 0.3) is 0 Å². The fourth-order valence-corrected chi connectivity index (χ4v) is 3.16. The van der Waals surface area contributed by atoms with Crippen LogP contribution in [-0.2, 0) is 19.7 Å². The van der Waals surface area contributed by atoms with E-state index in [4.69, 9.17) is 9.47 Å². The Morgan fingerprint density at radius 1 is 0.920 bits per heavy atom. The largest absolute Gasteiger partial charge is 0.493 e. The summed E-state index contributed by atoms with van der Waals surface area (Å²) in [4.78, 5) is 1.20. The predicted molar refractivity (Wildman–Crippen MR) is 103 cm³/mol. The lowest BCUT2D eigenvalue weighted by molar-refractivity contribution is 0.287. The molecule has 130 valence electrons. The van der Waals surface area contributed by atoms with E-state index in [2.05, 4.69) is 54.0 Å². The lowest BCUT2D eigenvalue weighted by Crippen LogP contribution is -2.12.